The van der Waals surface area contributed by atoms with Gasteiger partial charge in [0.05, 0.1) is 5.69 Å². The van der Waals surface area contributed by atoms with Crippen molar-refractivity contribution in [3.05, 3.63) is 10.6 Å². The van der Waals surface area contributed by atoms with Crippen LogP contribution in [0.2, 0.25) is 0 Å². The van der Waals surface area contributed by atoms with Gasteiger partial charge in [-0.25, -0.2) is 4.98 Å². The van der Waals surface area contributed by atoms with Crippen LogP contribution in [0, 0.1) is 0 Å². The van der Waals surface area contributed by atoms with E-state index in [9.17, 15) is 0 Å². The molecule has 0 radical (unpaired) electrons. The molecular formula is C14H26N4S. The van der Waals surface area contributed by atoms with E-state index in [-0.39, 0.29) is 0 Å². The molecule has 1 aromatic rings. The summed E-state index contributed by atoms with van der Waals surface area (Å²) in [4.78, 5) is 10.9. The molecule has 1 aromatic heterocycles. The van der Waals surface area contributed by atoms with Crippen LogP contribution in [0.25, 0.3) is 0 Å². The summed E-state index contributed by atoms with van der Waals surface area (Å²) in [7, 11) is 4.29. The molecule has 108 valence electrons. The van der Waals surface area contributed by atoms with E-state index in [1.807, 2.05) is 0 Å². The number of hydrogen-bond donors (Lipinski definition) is 1. The molecule has 1 unspecified atom stereocenters. The van der Waals surface area contributed by atoms with Crippen LogP contribution in [0.4, 0.5) is 5.13 Å². The normalized spacial score (nSPS) is 19.6. The van der Waals surface area contributed by atoms with Crippen molar-refractivity contribution in [2.45, 2.75) is 45.2 Å². The highest BCUT2D eigenvalue weighted by molar-refractivity contribution is 7.15. The van der Waals surface area contributed by atoms with Gasteiger partial charge in [-0.3, -0.25) is 0 Å². The minimum atomic E-state index is 0.612. The van der Waals surface area contributed by atoms with Gasteiger partial charge in [0.2, 0.25) is 0 Å². The average Bonchev–Trinajstić information content (AvgIpc) is 2.95. The Balaban J connectivity index is 2.15. The number of rotatable bonds is 6. The van der Waals surface area contributed by atoms with Gasteiger partial charge in [0.15, 0.2) is 5.13 Å². The lowest BCUT2D eigenvalue weighted by molar-refractivity contribution is 0.372. The second kappa shape index (κ2) is 6.68. The molecule has 0 aliphatic carbocycles. The van der Waals surface area contributed by atoms with Gasteiger partial charge in [0, 0.05) is 30.6 Å². The van der Waals surface area contributed by atoms with Crippen LogP contribution in [0.1, 0.15) is 36.8 Å². The maximum absolute atomic E-state index is 5.85. The Hall–Kier alpha value is -0.650. The Morgan fingerprint density at radius 2 is 2.26 bits per heavy atom. The van der Waals surface area contributed by atoms with Gasteiger partial charge in [0.25, 0.3) is 0 Å². The molecule has 0 amide bonds. The molecule has 5 heteroatoms. The largest absolute Gasteiger partial charge is 0.344 e. The molecule has 2 N–H and O–H groups in total. The highest BCUT2D eigenvalue weighted by atomic mass is 32.1. The first-order valence-electron chi connectivity index (χ1n) is 7.25. The molecule has 2 rings (SSSR count). The average molecular weight is 282 g/mol. The maximum atomic E-state index is 5.85. The number of thiazole rings is 1. The van der Waals surface area contributed by atoms with Gasteiger partial charge in [-0.15, -0.1) is 11.3 Å². The minimum absolute atomic E-state index is 0.612. The monoisotopic (exact) mass is 282 g/mol. The van der Waals surface area contributed by atoms with Crippen LogP contribution in [0.5, 0.6) is 0 Å². The van der Waals surface area contributed by atoms with Gasteiger partial charge in [-0.1, -0.05) is 13.3 Å². The van der Waals surface area contributed by atoms with Crippen molar-refractivity contribution in [3.63, 3.8) is 0 Å². The lowest BCUT2D eigenvalue weighted by Crippen LogP contribution is -2.37. The van der Waals surface area contributed by atoms with E-state index in [0.29, 0.717) is 12.6 Å². The van der Waals surface area contributed by atoms with Crippen LogP contribution >= 0.6 is 11.3 Å². The Kier molecular flexibility index (Phi) is 5.19. The lowest BCUT2D eigenvalue weighted by Gasteiger charge is -2.26. The van der Waals surface area contributed by atoms with Crippen molar-refractivity contribution in [2.75, 3.05) is 32.1 Å². The molecule has 1 aliphatic rings. The van der Waals surface area contributed by atoms with Gasteiger partial charge in [-0.2, -0.15) is 0 Å². The summed E-state index contributed by atoms with van der Waals surface area (Å²) >= 11 is 1.80. The Morgan fingerprint density at radius 1 is 1.47 bits per heavy atom. The smallest absolute Gasteiger partial charge is 0.186 e. The van der Waals surface area contributed by atoms with Crippen molar-refractivity contribution in [2.24, 2.45) is 5.73 Å². The fraction of sp³-hybridized carbons (Fsp3) is 0.786. The summed E-state index contributed by atoms with van der Waals surface area (Å²) < 4.78 is 0. The fourth-order valence-corrected chi connectivity index (χ4v) is 3.87. The van der Waals surface area contributed by atoms with Crippen molar-refractivity contribution in [1.29, 1.82) is 0 Å². The summed E-state index contributed by atoms with van der Waals surface area (Å²) in [5.74, 6) is 0. The third-order valence-corrected chi connectivity index (χ3v) is 4.79. The van der Waals surface area contributed by atoms with Gasteiger partial charge in [0.1, 0.15) is 0 Å². The number of anilines is 1. The molecule has 1 fully saturated rings. The number of likely N-dealkylation sites (N-methyl/N-ethyl adjacent to an activating group) is 1. The molecule has 0 aromatic carbocycles. The first-order valence-corrected chi connectivity index (χ1v) is 8.07. The van der Waals surface area contributed by atoms with Crippen LogP contribution in [-0.2, 0) is 13.0 Å². The molecule has 0 saturated carbocycles. The standard InChI is InChI=1S/C14H26N4S/c1-4-6-12-13(9-15)19-14(16-12)18-8-5-7-11(18)10-17(2)3/h11H,4-10,15H2,1-3H3. The SMILES string of the molecule is CCCc1nc(N2CCCC2CN(C)C)sc1CN. The molecule has 19 heavy (non-hydrogen) atoms. The molecule has 1 saturated heterocycles. The van der Waals surface area contributed by atoms with Crippen molar-refractivity contribution in [3.8, 4) is 0 Å². The highest BCUT2D eigenvalue weighted by Gasteiger charge is 2.28. The Bertz CT molecular complexity index is 402. The van der Waals surface area contributed by atoms with Crippen LogP contribution in [-0.4, -0.2) is 43.1 Å². The van der Waals surface area contributed by atoms with E-state index in [2.05, 4.69) is 30.8 Å². The van der Waals surface area contributed by atoms with Crippen LogP contribution < -0.4 is 10.6 Å². The second-order valence-corrected chi connectivity index (χ2v) is 6.63. The summed E-state index contributed by atoms with van der Waals surface area (Å²) in [6.07, 6.45) is 4.74. The van der Waals surface area contributed by atoms with E-state index in [4.69, 9.17) is 10.7 Å². The zero-order valence-corrected chi connectivity index (χ0v) is 13.2. The molecular weight excluding hydrogens is 256 g/mol. The Labute approximate surface area is 120 Å². The van der Waals surface area contributed by atoms with E-state index in [1.165, 1.54) is 28.5 Å². The summed E-state index contributed by atoms with van der Waals surface area (Å²) in [5.41, 5.74) is 7.07. The fourth-order valence-electron chi connectivity index (χ4n) is 2.78. The van der Waals surface area contributed by atoms with Crippen LogP contribution in [0.3, 0.4) is 0 Å². The van der Waals surface area contributed by atoms with Crippen molar-refractivity contribution >= 4 is 16.5 Å². The molecule has 1 atom stereocenters. The summed E-state index contributed by atoms with van der Waals surface area (Å²) in [6.45, 7) is 5.07. The zero-order chi connectivity index (χ0) is 13.8. The quantitative estimate of drug-likeness (QED) is 0.868. The first kappa shape index (κ1) is 14.8. The van der Waals surface area contributed by atoms with Crippen molar-refractivity contribution < 1.29 is 0 Å². The number of hydrogen-bond acceptors (Lipinski definition) is 5. The van der Waals surface area contributed by atoms with Crippen LogP contribution in [0.15, 0.2) is 0 Å². The lowest BCUT2D eigenvalue weighted by atomic mass is 10.2. The van der Waals surface area contributed by atoms with E-state index < -0.39 is 0 Å². The molecule has 0 bridgehead atoms. The molecule has 4 nitrogen and oxygen atoms in total. The van der Waals surface area contributed by atoms with E-state index in [0.717, 1.165) is 25.9 Å². The third-order valence-electron chi connectivity index (χ3n) is 3.64. The highest BCUT2D eigenvalue weighted by Crippen LogP contribution is 2.32. The number of aromatic nitrogens is 1. The number of nitrogens with zero attached hydrogens (tertiary/aromatic N) is 3. The Morgan fingerprint density at radius 3 is 2.89 bits per heavy atom. The van der Waals surface area contributed by atoms with Crippen molar-refractivity contribution in [1.82, 2.24) is 9.88 Å². The van der Waals surface area contributed by atoms with E-state index in [1.54, 1.807) is 11.3 Å². The molecule has 2 heterocycles. The predicted octanol–water partition coefficient (Wildman–Crippen LogP) is 2.08. The summed E-state index contributed by atoms with van der Waals surface area (Å²) in [5, 5.41) is 1.19. The second-order valence-electron chi connectivity index (χ2n) is 5.57. The maximum Gasteiger partial charge on any atom is 0.186 e. The third kappa shape index (κ3) is 3.46. The zero-order valence-electron chi connectivity index (χ0n) is 12.4. The topological polar surface area (TPSA) is 45.4 Å². The first-order chi connectivity index (χ1) is 9.15. The molecule has 1 aliphatic heterocycles. The number of nitrogens with two attached hydrogens (primary N) is 1. The van der Waals surface area contributed by atoms with Gasteiger partial charge >= 0.3 is 0 Å². The minimum Gasteiger partial charge on any atom is -0.344 e. The molecule has 0 spiro atoms. The predicted molar refractivity (Wildman–Crippen MR) is 82.9 cm³/mol. The van der Waals surface area contributed by atoms with Gasteiger partial charge < -0.3 is 15.5 Å². The summed E-state index contributed by atoms with van der Waals surface area (Å²) in [6, 6.07) is 0.612. The van der Waals surface area contributed by atoms with Gasteiger partial charge in [-0.05, 0) is 33.4 Å². The number of aryl methyl sites for hydroxylation is 1. The van der Waals surface area contributed by atoms with E-state index >= 15 is 0 Å².